The Morgan fingerprint density at radius 1 is 1.15 bits per heavy atom. The molecule has 0 aromatic heterocycles. The van der Waals surface area contributed by atoms with Crippen LogP contribution >= 0.6 is 0 Å². The van der Waals surface area contributed by atoms with Crippen LogP contribution in [-0.4, -0.2) is 30.1 Å². The fourth-order valence-electron chi connectivity index (χ4n) is 1.21. The summed E-state index contributed by atoms with van der Waals surface area (Å²) < 4.78 is 0. The standard InChI is InChI=1S/C11H17NO/c1-9(12(2)3)11(13)10-7-5-4-6-8-10/h4-9,11,13H,1-3H3. The highest BCUT2D eigenvalue weighted by molar-refractivity contribution is 5.18. The molecule has 72 valence electrons. The van der Waals surface area contributed by atoms with E-state index < -0.39 is 6.10 Å². The maximum absolute atomic E-state index is 9.92. The van der Waals surface area contributed by atoms with E-state index in [9.17, 15) is 5.11 Å². The summed E-state index contributed by atoms with van der Waals surface area (Å²) in [5, 5.41) is 9.92. The molecule has 1 N–H and O–H groups in total. The Hall–Kier alpha value is -0.860. The van der Waals surface area contributed by atoms with Gasteiger partial charge < -0.3 is 10.0 Å². The van der Waals surface area contributed by atoms with E-state index in [2.05, 4.69) is 0 Å². The van der Waals surface area contributed by atoms with Crippen LogP contribution in [0.25, 0.3) is 0 Å². The quantitative estimate of drug-likeness (QED) is 0.763. The van der Waals surface area contributed by atoms with E-state index >= 15 is 0 Å². The average molecular weight is 179 g/mol. The summed E-state index contributed by atoms with van der Waals surface area (Å²) in [7, 11) is 3.94. The number of aliphatic hydroxyl groups excluding tert-OH is 1. The molecule has 2 heteroatoms. The Morgan fingerprint density at radius 2 is 1.69 bits per heavy atom. The van der Waals surface area contributed by atoms with Crippen LogP contribution in [0.3, 0.4) is 0 Å². The second-order valence-corrected chi connectivity index (χ2v) is 3.56. The van der Waals surface area contributed by atoms with E-state index in [1.165, 1.54) is 0 Å². The molecule has 1 aromatic rings. The first-order valence-electron chi connectivity index (χ1n) is 4.52. The van der Waals surface area contributed by atoms with E-state index in [0.717, 1.165) is 5.56 Å². The molecule has 2 nitrogen and oxygen atoms in total. The van der Waals surface area contributed by atoms with E-state index in [1.54, 1.807) is 0 Å². The van der Waals surface area contributed by atoms with Crippen LogP contribution in [-0.2, 0) is 0 Å². The highest BCUT2D eigenvalue weighted by Crippen LogP contribution is 2.18. The minimum Gasteiger partial charge on any atom is -0.387 e. The highest BCUT2D eigenvalue weighted by Gasteiger charge is 2.17. The molecule has 0 bridgehead atoms. The molecule has 0 radical (unpaired) electrons. The predicted molar refractivity (Wildman–Crippen MR) is 54.6 cm³/mol. The molecule has 0 fully saturated rings. The summed E-state index contributed by atoms with van der Waals surface area (Å²) in [5.41, 5.74) is 0.976. The Balaban J connectivity index is 2.73. The van der Waals surface area contributed by atoms with Gasteiger partial charge in [-0.05, 0) is 26.6 Å². The third-order valence-corrected chi connectivity index (χ3v) is 2.41. The summed E-state index contributed by atoms with van der Waals surface area (Å²) in [6.07, 6.45) is -0.406. The Kier molecular flexibility index (Phi) is 3.46. The molecule has 0 aliphatic heterocycles. The van der Waals surface area contributed by atoms with Crippen LogP contribution in [0, 0.1) is 0 Å². The number of nitrogens with zero attached hydrogens (tertiary/aromatic N) is 1. The molecule has 0 amide bonds. The Labute approximate surface area is 79.8 Å². The SMILES string of the molecule is CC(C(O)c1ccccc1)N(C)C. The zero-order chi connectivity index (χ0) is 9.84. The third-order valence-electron chi connectivity index (χ3n) is 2.41. The fourth-order valence-corrected chi connectivity index (χ4v) is 1.21. The molecular formula is C11H17NO. The summed E-state index contributed by atoms with van der Waals surface area (Å²) in [6.45, 7) is 2.01. The van der Waals surface area contributed by atoms with Gasteiger partial charge in [-0.2, -0.15) is 0 Å². The van der Waals surface area contributed by atoms with Crippen molar-refractivity contribution in [2.75, 3.05) is 14.1 Å². The van der Waals surface area contributed by atoms with Crippen LogP contribution in [0.4, 0.5) is 0 Å². The number of likely N-dealkylation sites (N-methyl/N-ethyl adjacent to an activating group) is 1. The number of benzene rings is 1. The Morgan fingerprint density at radius 3 is 2.15 bits per heavy atom. The largest absolute Gasteiger partial charge is 0.387 e. The van der Waals surface area contributed by atoms with Crippen molar-refractivity contribution < 1.29 is 5.11 Å². The minimum absolute atomic E-state index is 0.141. The first kappa shape index (κ1) is 10.2. The molecule has 1 aromatic carbocycles. The summed E-state index contributed by atoms with van der Waals surface area (Å²) in [4.78, 5) is 2.01. The minimum atomic E-state index is -0.406. The summed E-state index contributed by atoms with van der Waals surface area (Å²) in [6, 6.07) is 9.88. The van der Waals surface area contributed by atoms with Gasteiger partial charge in [0.15, 0.2) is 0 Å². The van der Waals surface area contributed by atoms with Gasteiger partial charge in [0.25, 0.3) is 0 Å². The van der Waals surface area contributed by atoms with E-state index in [-0.39, 0.29) is 6.04 Å². The summed E-state index contributed by atoms with van der Waals surface area (Å²) in [5.74, 6) is 0. The molecule has 0 aliphatic carbocycles. The number of aliphatic hydroxyl groups is 1. The predicted octanol–water partition coefficient (Wildman–Crippen LogP) is 1.67. The number of hydrogen-bond acceptors (Lipinski definition) is 2. The first-order chi connectivity index (χ1) is 6.13. The second kappa shape index (κ2) is 4.40. The van der Waals surface area contributed by atoms with Gasteiger partial charge in [-0.3, -0.25) is 0 Å². The molecule has 1 rings (SSSR count). The first-order valence-corrected chi connectivity index (χ1v) is 4.52. The van der Waals surface area contributed by atoms with Gasteiger partial charge in [0.1, 0.15) is 0 Å². The van der Waals surface area contributed by atoms with E-state index in [4.69, 9.17) is 0 Å². The molecule has 13 heavy (non-hydrogen) atoms. The zero-order valence-corrected chi connectivity index (χ0v) is 8.44. The van der Waals surface area contributed by atoms with Gasteiger partial charge >= 0.3 is 0 Å². The maximum Gasteiger partial charge on any atom is 0.0942 e. The molecule has 2 atom stereocenters. The second-order valence-electron chi connectivity index (χ2n) is 3.56. The summed E-state index contributed by atoms with van der Waals surface area (Å²) >= 11 is 0. The van der Waals surface area contributed by atoms with Crippen molar-refractivity contribution in [1.82, 2.24) is 4.90 Å². The lowest BCUT2D eigenvalue weighted by Crippen LogP contribution is -2.30. The lowest BCUT2D eigenvalue weighted by atomic mass is 10.0. The molecular weight excluding hydrogens is 162 g/mol. The van der Waals surface area contributed by atoms with Crippen LogP contribution in [0.1, 0.15) is 18.6 Å². The van der Waals surface area contributed by atoms with E-state index in [0.29, 0.717) is 0 Å². The van der Waals surface area contributed by atoms with Crippen molar-refractivity contribution in [2.45, 2.75) is 19.1 Å². The van der Waals surface area contributed by atoms with Crippen LogP contribution < -0.4 is 0 Å². The molecule has 0 spiro atoms. The van der Waals surface area contributed by atoms with E-state index in [1.807, 2.05) is 56.3 Å². The van der Waals surface area contributed by atoms with Gasteiger partial charge in [-0.15, -0.1) is 0 Å². The van der Waals surface area contributed by atoms with Crippen LogP contribution in [0.5, 0.6) is 0 Å². The molecule has 0 saturated heterocycles. The smallest absolute Gasteiger partial charge is 0.0942 e. The van der Waals surface area contributed by atoms with Crippen molar-refractivity contribution >= 4 is 0 Å². The van der Waals surface area contributed by atoms with Crippen molar-refractivity contribution in [1.29, 1.82) is 0 Å². The van der Waals surface area contributed by atoms with Gasteiger partial charge in [0, 0.05) is 6.04 Å². The maximum atomic E-state index is 9.92. The molecule has 0 saturated carbocycles. The van der Waals surface area contributed by atoms with Crippen LogP contribution in [0.15, 0.2) is 30.3 Å². The monoisotopic (exact) mass is 179 g/mol. The van der Waals surface area contributed by atoms with Crippen molar-refractivity contribution in [2.24, 2.45) is 0 Å². The molecule has 0 heterocycles. The lowest BCUT2D eigenvalue weighted by Gasteiger charge is -2.25. The Bertz CT molecular complexity index is 246. The van der Waals surface area contributed by atoms with Gasteiger partial charge in [0.2, 0.25) is 0 Å². The number of rotatable bonds is 3. The molecule has 2 unspecified atom stereocenters. The van der Waals surface area contributed by atoms with Crippen LogP contribution in [0.2, 0.25) is 0 Å². The van der Waals surface area contributed by atoms with Crippen molar-refractivity contribution in [3.8, 4) is 0 Å². The topological polar surface area (TPSA) is 23.5 Å². The van der Waals surface area contributed by atoms with Gasteiger partial charge in [-0.1, -0.05) is 30.3 Å². The average Bonchev–Trinajstić information content (AvgIpc) is 2.17. The van der Waals surface area contributed by atoms with Gasteiger partial charge in [-0.25, -0.2) is 0 Å². The van der Waals surface area contributed by atoms with Crippen molar-refractivity contribution in [3.05, 3.63) is 35.9 Å². The number of hydrogen-bond donors (Lipinski definition) is 1. The molecule has 0 aliphatic rings. The third kappa shape index (κ3) is 2.54. The van der Waals surface area contributed by atoms with Crippen molar-refractivity contribution in [3.63, 3.8) is 0 Å². The van der Waals surface area contributed by atoms with Gasteiger partial charge in [0.05, 0.1) is 6.10 Å². The normalized spacial score (nSPS) is 15.8. The lowest BCUT2D eigenvalue weighted by molar-refractivity contribution is 0.0858. The zero-order valence-electron chi connectivity index (χ0n) is 8.44. The fraction of sp³-hybridized carbons (Fsp3) is 0.455. The highest BCUT2D eigenvalue weighted by atomic mass is 16.3.